The first-order chi connectivity index (χ1) is 14.3. The van der Waals surface area contributed by atoms with Crippen LogP contribution in [0.4, 0.5) is 0 Å². The zero-order valence-corrected chi connectivity index (χ0v) is 26.8. The average Bonchev–Trinajstić information content (AvgIpc) is 2.68. The van der Waals surface area contributed by atoms with E-state index in [1.165, 1.54) is 12.1 Å². The standard InChI is InChI=1S/C19H8Br3I3O5S/c20-15-14(19(31(28,29)30)17(22)16(21)18(15)25)13(7-1-3-11(26)9(23)5-7)8-2-4-12(27)10(24)6-8/h1-6,26H,(H,28,29,30). The first-order valence-electron chi connectivity index (χ1n) is 8.01. The van der Waals surface area contributed by atoms with E-state index in [9.17, 15) is 22.9 Å². The molecule has 0 unspecified atom stereocenters. The highest BCUT2D eigenvalue weighted by atomic mass is 127. The topological polar surface area (TPSA) is 91.7 Å². The van der Waals surface area contributed by atoms with Crippen molar-refractivity contribution in [3.8, 4) is 5.75 Å². The van der Waals surface area contributed by atoms with E-state index in [-0.39, 0.29) is 26.5 Å². The zero-order valence-electron chi connectivity index (χ0n) is 14.8. The Kier molecular flexibility index (Phi) is 8.57. The summed E-state index contributed by atoms with van der Waals surface area (Å²) in [5, 5.41) is 9.99. The third kappa shape index (κ3) is 5.35. The van der Waals surface area contributed by atoms with Crippen LogP contribution in [0.1, 0.15) is 11.1 Å². The van der Waals surface area contributed by atoms with Crippen LogP contribution in [0, 0.1) is 7.14 Å². The average molecular weight is 969 g/mol. The molecule has 0 amide bonds. The Morgan fingerprint density at radius 1 is 0.968 bits per heavy atom. The molecule has 5 nitrogen and oxygen atoms in total. The van der Waals surface area contributed by atoms with Gasteiger partial charge in [0.25, 0.3) is 10.1 Å². The molecule has 0 bridgehead atoms. The number of halogens is 6. The monoisotopic (exact) mass is 965 g/mol. The largest absolute Gasteiger partial charge is 0.507 e. The smallest absolute Gasteiger partial charge is 0.296 e. The summed E-state index contributed by atoms with van der Waals surface area (Å²) >= 11 is 16.1. The Morgan fingerprint density at radius 3 is 2.16 bits per heavy atom. The molecule has 0 saturated carbocycles. The Morgan fingerprint density at radius 2 is 1.61 bits per heavy atom. The van der Waals surface area contributed by atoms with Crippen LogP contribution in [-0.2, 0) is 14.9 Å². The van der Waals surface area contributed by atoms with Gasteiger partial charge in [-0.3, -0.25) is 9.35 Å². The van der Waals surface area contributed by atoms with Crippen molar-refractivity contribution >= 4 is 137 Å². The van der Waals surface area contributed by atoms with Crippen molar-refractivity contribution in [2.24, 2.45) is 0 Å². The summed E-state index contributed by atoms with van der Waals surface area (Å²) < 4.78 is 37.8. The predicted molar refractivity (Wildman–Crippen MR) is 155 cm³/mol. The highest BCUT2D eigenvalue weighted by Gasteiger charge is 2.31. The Balaban J connectivity index is 2.59. The fourth-order valence-electron chi connectivity index (χ4n) is 2.85. The molecular weight excluding hydrogens is 961 g/mol. The van der Waals surface area contributed by atoms with E-state index >= 15 is 0 Å². The molecule has 0 fully saturated rings. The molecule has 0 aromatic heterocycles. The van der Waals surface area contributed by atoms with Crippen LogP contribution in [0.25, 0.3) is 5.57 Å². The predicted octanol–water partition coefficient (Wildman–Crippen LogP) is 7.40. The van der Waals surface area contributed by atoms with Gasteiger partial charge < -0.3 is 5.11 Å². The lowest BCUT2D eigenvalue weighted by atomic mass is 9.91. The number of aromatic hydroxyl groups is 1. The number of phenols is 1. The van der Waals surface area contributed by atoms with Crippen molar-refractivity contribution < 1.29 is 22.9 Å². The van der Waals surface area contributed by atoms with Crippen molar-refractivity contribution in [2.75, 3.05) is 0 Å². The molecular formula is C19H8Br3I3O5S. The summed E-state index contributed by atoms with van der Waals surface area (Å²) in [5.41, 5.74) is 1.84. The van der Waals surface area contributed by atoms with Gasteiger partial charge in [-0.1, -0.05) is 12.1 Å². The lowest BCUT2D eigenvalue weighted by Crippen LogP contribution is -2.10. The fraction of sp³-hybridized carbons (Fsp3) is 0. The molecule has 0 saturated heterocycles. The van der Waals surface area contributed by atoms with Gasteiger partial charge in [-0.2, -0.15) is 8.42 Å². The van der Waals surface area contributed by atoms with Crippen molar-refractivity contribution in [1.29, 1.82) is 0 Å². The van der Waals surface area contributed by atoms with Crippen LogP contribution in [0.2, 0.25) is 0 Å². The van der Waals surface area contributed by atoms with Crippen LogP contribution in [0.15, 0.2) is 63.9 Å². The second-order valence-electron chi connectivity index (χ2n) is 6.12. The summed E-state index contributed by atoms with van der Waals surface area (Å²) in [5.74, 6) is -0.0848. The van der Waals surface area contributed by atoms with Crippen LogP contribution < -0.4 is 0 Å². The normalized spacial score (nSPS) is 15.8. The fourth-order valence-corrected chi connectivity index (χ4v) is 8.11. The minimum atomic E-state index is -4.67. The Bertz CT molecular complexity index is 1350. The molecule has 162 valence electrons. The zero-order chi connectivity index (χ0) is 23.2. The second-order valence-corrected chi connectivity index (χ2v) is 13.3. The van der Waals surface area contributed by atoms with E-state index in [1.807, 2.05) is 45.2 Å². The molecule has 3 rings (SSSR count). The van der Waals surface area contributed by atoms with Crippen LogP contribution in [-0.4, -0.2) is 23.9 Å². The Labute approximate surface area is 244 Å². The first-order valence-corrected chi connectivity index (χ1v) is 15.1. The molecule has 1 aliphatic rings. The molecule has 0 atom stereocenters. The van der Waals surface area contributed by atoms with Gasteiger partial charge in [-0.05, 0) is 157 Å². The maximum Gasteiger partial charge on any atom is 0.296 e. The van der Waals surface area contributed by atoms with Gasteiger partial charge in [0.1, 0.15) is 10.6 Å². The van der Waals surface area contributed by atoms with Gasteiger partial charge in [0.15, 0.2) is 5.78 Å². The van der Waals surface area contributed by atoms with E-state index in [1.54, 1.807) is 24.3 Å². The van der Waals surface area contributed by atoms with E-state index in [0.29, 0.717) is 36.4 Å². The van der Waals surface area contributed by atoms with Crippen LogP contribution >= 0.6 is 116 Å². The molecule has 31 heavy (non-hydrogen) atoms. The van der Waals surface area contributed by atoms with Crippen LogP contribution in [0.3, 0.4) is 0 Å². The van der Waals surface area contributed by atoms with Gasteiger partial charge in [-0.15, -0.1) is 0 Å². The van der Waals surface area contributed by atoms with Crippen molar-refractivity contribution in [3.63, 3.8) is 0 Å². The molecule has 2 aromatic carbocycles. The van der Waals surface area contributed by atoms with Crippen molar-refractivity contribution in [1.82, 2.24) is 0 Å². The molecule has 0 spiro atoms. The number of hydrogen-bond donors (Lipinski definition) is 2. The summed E-state index contributed by atoms with van der Waals surface area (Å²) in [4.78, 5) is 11.7. The maximum absolute atomic E-state index is 12.5. The molecule has 2 N–H and O–H groups in total. The van der Waals surface area contributed by atoms with Gasteiger partial charge in [0.2, 0.25) is 0 Å². The van der Waals surface area contributed by atoms with Gasteiger partial charge >= 0.3 is 0 Å². The highest BCUT2D eigenvalue weighted by Crippen LogP contribution is 2.47. The minimum absolute atomic E-state index is 0.0776. The molecule has 2 aromatic rings. The molecule has 0 heterocycles. The third-order valence-electron chi connectivity index (χ3n) is 4.19. The van der Waals surface area contributed by atoms with Crippen molar-refractivity contribution in [3.05, 3.63) is 77.3 Å². The summed E-state index contributed by atoms with van der Waals surface area (Å²) in [6, 6.07) is 4.85. The number of phenolic OH excluding ortho intramolecular Hbond substituents is 1. The number of benzene rings is 2. The van der Waals surface area contributed by atoms with Crippen LogP contribution in [0.5, 0.6) is 5.75 Å². The third-order valence-corrected chi connectivity index (χ3v) is 12.6. The number of carbonyl (C=O) groups excluding carboxylic acids is 1. The first kappa shape index (κ1) is 26.3. The van der Waals surface area contributed by atoms with E-state index in [0.717, 1.165) is 0 Å². The number of carbonyl (C=O) groups is 1. The number of allylic oxidation sites excluding steroid dienone is 5. The number of hydrogen-bond acceptors (Lipinski definition) is 4. The van der Waals surface area contributed by atoms with E-state index in [4.69, 9.17) is 0 Å². The Hall–Kier alpha value is 0.670. The molecule has 0 radical (unpaired) electrons. The second kappa shape index (κ2) is 10.1. The summed E-state index contributed by atoms with van der Waals surface area (Å²) in [7, 11) is -4.67. The number of rotatable bonds is 3. The van der Waals surface area contributed by atoms with E-state index < -0.39 is 10.1 Å². The molecule has 12 heteroatoms. The molecule has 1 aliphatic carbocycles. The lowest BCUT2D eigenvalue weighted by molar-refractivity contribution is -0.110. The highest BCUT2D eigenvalue weighted by molar-refractivity contribution is 14.1. The van der Waals surface area contributed by atoms with Crippen molar-refractivity contribution in [2.45, 2.75) is 4.90 Å². The lowest BCUT2D eigenvalue weighted by Gasteiger charge is -2.21. The quantitative estimate of drug-likeness (QED) is 0.145. The molecule has 0 aliphatic heterocycles. The van der Waals surface area contributed by atoms with Gasteiger partial charge in [-0.25, -0.2) is 0 Å². The van der Waals surface area contributed by atoms with Gasteiger partial charge in [0, 0.05) is 18.1 Å². The van der Waals surface area contributed by atoms with E-state index in [2.05, 4.69) is 70.4 Å². The minimum Gasteiger partial charge on any atom is -0.507 e. The van der Waals surface area contributed by atoms with Gasteiger partial charge in [0.05, 0.1) is 11.6 Å². The summed E-state index contributed by atoms with van der Waals surface area (Å²) in [6.07, 6.45) is 4.66. The SMILES string of the molecule is O=C1C=CC(=C(c2ccc(O)c(I)c2)c2c(Br)c(I)c(Br)c(Br)c2S(=O)(=O)O)C=C1I. The summed E-state index contributed by atoms with van der Waals surface area (Å²) in [6.45, 7) is 0. The maximum atomic E-state index is 12.5. The number of ketones is 1.